The Balaban J connectivity index is 1.89. The first-order valence-electron chi connectivity index (χ1n) is 12.1. The maximum absolute atomic E-state index is 14.8. The van der Waals surface area contributed by atoms with E-state index in [1.54, 1.807) is 18.3 Å². The minimum atomic E-state index is -0.715. The number of hydrogen-bond donors (Lipinski definition) is 2. The Kier molecular flexibility index (Phi) is 7.13. The van der Waals surface area contributed by atoms with Crippen LogP contribution in [0.5, 0.6) is 5.75 Å². The molecule has 1 aliphatic heterocycles. The van der Waals surface area contributed by atoms with E-state index < -0.39 is 11.9 Å². The number of nitrogens with zero attached hydrogens (tertiary/aromatic N) is 3. The number of likely N-dealkylation sites (N-methyl/N-ethyl adjacent to an activating group) is 1. The topological polar surface area (TPSA) is 82.2 Å². The maximum Gasteiger partial charge on any atom is 0.250 e. The molecule has 0 aliphatic carbocycles. The molecule has 6 nitrogen and oxygen atoms in total. The minimum Gasteiger partial charge on any atom is -0.508 e. The van der Waals surface area contributed by atoms with Crippen molar-refractivity contribution in [2.45, 2.75) is 46.2 Å². The molecule has 0 fully saturated rings. The van der Waals surface area contributed by atoms with E-state index >= 15 is 0 Å². The highest BCUT2D eigenvalue weighted by atomic mass is 19.1. The second-order valence-corrected chi connectivity index (χ2v) is 9.68. The van der Waals surface area contributed by atoms with E-state index in [1.807, 2.05) is 56.9 Å². The standard InChI is InChI=1S/C29H33FN4O2/c1-6-20(31)15-33(5)29(36)28-25-14-23(24-13-22(35)7-8-26(24)30)19(4)12-27(25)32-16-34(28)21-10-17(2)9-18(3)11-21/h7-14,16,20,28,35H,6,15,31H2,1-5H3/t20-,28?/m0/s1. The van der Waals surface area contributed by atoms with Crippen LogP contribution in [0.15, 0.2) is 53.5 Å². The number of rotatable bonds is 6. The predicted molar refractivity (Wildman–Crippen MR) is 143 cm³/mol. The number of aliphatic imine (C=N–C) groups is 1. The van der Waals surface area contributed by atoms with Crippen molar-refractivity contribution in [3.63, 3.8) is 0 Å². The van der Waals surface area contributed by atoms with Crippen LogP contribution in [0.1, 0.15) is 41.6 Å². The number of fused-ring (bicyclic) bond motifs is 1. The summed E-state index contributed by atoms with van der Waals surface area (Å²) in [7, 11) is 1.76. The molecule has 1 unspecified atom stereocenters. The molecule has 3 N–H and O–H groups in total. The average molecular weight is 489 g/mol. The number of carbonyl (C=O) groups excluding carboxylic acids is 1. The molecule has 0 bridgehead atoms. The Labute approximate surface area is 211 Å². The van der Waals surface area contributed by atoms with Crippen molar-refractivity contribution in [2.24, 2.45) is 10.7 Å². The summed E-state index contributed by atoms with van der Waals surface area (Å²) in [5.41, 5.74) is 12.2. The normalized spacial score (nSPS) is 15.5. The number of anilines is 1. The monoisotopic (exact) mass is 488 g/mol. The van der Waals surface area contributed by atoms with Crippen LogP contribution in [-0.2, 0) is 4.79 Å². The first-order chi connectivity index (χ1) is 17.1. The van der Waals surface area contributed by atoms with Gasteiger partial charge in [0.15, 0.2) is 0 Å². The number of nitrogens with two attached hydrogens (primary N) is 1. The molecule has 1 aliphatic rings. The molecule has 188 valence electrons. The summed E-state index contributed by atoms with van der Waals surface area (Å²) in [5.74, 6) is -0.605. The van der Waals surface area contributed by atoms with Crippen molar-refractivity contribution >= 4 is 23.6 Å². The van der Waals surface area contributed by atoms with Crippen LogP contribution in [0.4, 0.5) is 15.8 Å². The quantitative estimate of drug-likeness (QED) is 0.477. The number of carbonyl (C=O) groups is 1. The largest absolute Gasteiger partial charge is 0.508 e. The zero-order chi connectivity index (χ0) is 26.1. The van der Waals surface area contributed by atoms with Gasteiger partial charge in [-0.1, -0.05) is 13.0 Å². The van der Waals surface area contributed by atoms with Gasteiger partial charge in [-0.2, -0.15) is 0 Å². The molecule has 3 aromatic carbocycles. The molecule has 0 spiro atoms. The van der Waals surface area contributed by atoms with Gasteiger partial charge in [0.25, 0.3) is 0 Å². The summed E-state index contributed by atoms with van der Waals surface area (Å²) < 4.78 is 14.8. The lowest BCUT2D eigenvalue weighted by atomic mass is 9.91. The smallest absolute Gasteiger partial charge is 0.250 e. The first kappa shape index (κ1) is 25.4. The Hall–Kier alpha value is -3.71. The molecular formula is C29H33FN4O2. The molecule has 7 heteroatoms. The summed E-state index contributed by atoms with van der Waals surface area (Å²) in [6, 6.07) is 12.9. The molecular weight excluding hydrogens is 455 g/mol. The molecule has 2 atom stereocenters. The van der Waals surface area contributed by atoms with E-state index in [0.717, 1.165) is 28.8 Å². The zero-order valence-electron chi connectivity index (χ0n) is 21.4. The summed E-state index contributed by atoms with van der Waals surface area (Å²) in [6.45, 7) is 8.31. The number of phenolic OH excluding ortho intramolecular Hbond substituents is 1. The summed E-state index contributed by atoms with van der Waals surface area (Å²) in [4.78, 5) is 22.2. The number of phenols is 1. The predicted octanol–water partition coefficient (Wildman–Crippen LogP) is 5.54. The Bertz CT molecular complexity index is 1320. The molecule has 3 aromatic rings. The van der Waals surface area contributed by atoms with E-state index in [-0.39, 0.29) is 23.3 Å². The van der Waals surface area contributed by atoms with Crippen LogP contribution >= 0.6 is 0 Å². The first-order valence-corrected chi connectivity index (χ1v) is 12.1. The van der Waals surface area contributed by atoms with Gasteiger partial charge in [0.2, 0.25) is 5.91 Å². The molecule has 1 heterocycles. The third kappa shape index (κ3) is 4.97. The van der Waals surface area contributed by atoms with E-state index in [0.29, 0.717) is 23.4 Å². The van der Waals surface area contributed by atoms with Gasteiger partial charge in [-0.3, -0.25) is 4.79 Å². The lowest BCUT2D eigenvalue weighted by Crippen LogP contribution is -2.46. The van der Waals surface area contributed by atoms with Crippen LogP contribution in [-0.4, -0.2) is 41.9 Å². The van der Waals surface area contributed by atoms with Gasteiger partial charge in [-0.15, -0.1) is 0 Å². The maximum atomic E-state index is 14.8. The molecule has 0 saturated carbocycles. The Morgan fingerprint density at radius 2 is 1.81 bits per heavy atom. The van der Waals surface area contributed by atoms with Crippen molar-refractivity contribution in [3.05, 3.63) is 76.6 Å². The Morgan fingerprint density at radius 3 is 2.47 bits per heavy atom. The average Bonchev–Trinajstić information content (AvgIpc) is 2.83. The fourth-order valence-corrected chi connectivity index (χ4v) is 4.74. The number of amides is 1. The van der Waals surface area contributed by atoms with Crippen molar-refractivity contribution < 1.29 is 14.3 Å². The highest BCUT2D eigenvalue weighted by molar-refractivity contribution is 5.99. The van der Waals surface area contributed by atoms with E-state index in [4.69, 9.17) is 5.73 Å². The van der Waals surface area contributed by atoms with Gasteiger partial charge in [-0.25, -0.2) is 9.38 Å². The Morgan fingerprint density at radius 1 is 1.11 bits per heavy atom. The van der Waals surface area contributed by atoms with Gasteiger partial charge in [0.1, 0.15) is 17.6 Å². The summed E-state index contributed by atoms with van der Waals surface area (Å²) >= 11 is 0. The second-order valence-electron chi connectivity index (χ2n) is 9.68. The van der Waals surface area contributed by atoms with Gasteiger partial charge in [0.05, 0.1) is 12.0 Å². The SMILES string of the molecule is CC[C@H](N)CN(C)C(=O)C1c2cc(-c3cc(O)ccc3F)c(C)cc2N=CN1c1cc(C)cc(C)c1. The number of benzene rings is 3. The van der Waals surface area contributed by atoms with Crippen LogP contribution in [0.25, 0.3) is 11.1 Å². The molecule has 0 radical (unpaired) electrons. The summed E-state index contributed by atoms with van der Waals surface area (Å²) in [5, 5.41) is 10.0. The van der Waals surface area contributed by atoms with Crippen LogP contribution in [0.2, 0.25) is 0 Å². The van der Waals surface area contributed by atoms with Crippen LogP contribution in [0.3, 0.4) is 0 Å². The third-order valence-electron chi connectivity index (χ3n) is 6.66. The summed E-state index contributed by atoms with van der Waals surface area (Å²) in [6.07, 6.45) is 2.45. The van der Waals surface area contributed by atoms with E-state index in [2.05, 4.69) is 11.1 Å². The van der Waals surface area contributed by atoms with Gasteiger partial charge < -0.3 is 20.6 Å². The molecule has 0 saturated heterocycles. The third-order valence-corrected chi connectivity index (χ3v) is 6.66. The second kappa shape index (κ2) is 10.1. The zero-order valence-corrected chi connectivity index (χ0v) is 21.4. The number of halogens is 1. The number of aromatic hydroxyl groups is 1. The number of aryl methyl sites for hydroxylation is 3. The van der Waals surface area contributed by atoms with Crippen LogP contribution < -0.4 is 10.6 Å². The minimum absolute atomic E-state index is 0.0284. The molecule has 4 rings (SSSR count). The fraction of sp³-hybridized carbons (Fsp3) is 0.310. The highest BCUT2D eigenvalue weighted by Crippen LogP contribution is 2.42. The van der Waals surface area contributed by atoms with Gasteiger partial charge in [0, 0.05) is 36.4 Å². The molecule has 1 amide bonds. The van der Waals surface area contributed by atoms with Crippen molar-refractivity contribution in [1.29, 1.82) is 0 Å². The number of hydrogen-bond acceptors (Lipinski definition) is 5. The molecule has 0 aromatic heterocycles. The van der Waals surface area contributed by atoms with Gasteiger partial charge in [-0.05, 0) is 91.9 Å². The molecule has 36 heavy (non-hydrogen) atoms. The van der Waals surface area contributed by atoms with Gasteiger partial charge >= 0.3 is 0 Å². The van der Waals surface area contributed by atoms with E-state index in [9.17, 15) is 14.3 Å². The fourth-order valence-electron chi connectivity index (χ4n) is 4.74. The van der Waals surface area contributed by atoms with Crippen molar-refractivity contribution in [3.8, 4) is 16.9 Å². The van der Waals surface area contributed by atoms with Crippen molar-refractivity contribution in [2.75, 3.05) is 18.5 Å². The highest BCUT2D eigenvalue weighted by Gasteiger charge is 2.35. The van der Waals surface area contributed by atoms with E-state index in [1.165, 1.54) is 18.2 Å². The lowest BCUT2D eigenvalue weighted by Gasteiger charge is -2.36. The van der Waals surface area contributed by atoms with Crippen molar-refractivity contribution in [1.82, 2.24) is 4.90 Å². The lowest BCUT2D eigenvalue weighted by molar-refractivity contribution is -0.131. The van der Waals surface area contributed by atoms with Crippen LogP contribution in [0, 0.1) is 26.6 Å².